The summed E-state index contributed by atoms with van der Waals surface area (Å²) in [4.78, 5) is 11.4. The molecular formula is C10H20N2O. The monoisotopic (exact) mass is 184 g/mol. The summed E-state index contributed by atoms with van der Waals surface area (Å²) in [5, 5.41) is 6.43. The molecule has 76 valence electrons. The predicted octanol–water partition coefficient (Wildman–Crippen LogP) is 0.899. The van der Waals surface area contributed by atoms with Crippen LogP contribution in [0.1, 0.15) is 33.6 Å². The first-order valence-electron chi connectivity index (χ1n) is 5.15. The predicted molar refractivity (Wildman–Crippen MR) is 53.5 cm³/mol. The Balaban J connectivity index is 2.38. The molecule has 0 bridgehead atoms. The molecule has 0 saturated carbocycles. The van der Waals surface area contributed by atoms with Crippen molar-refractivity contribution in [3.05, 3.63) is 0 Å². The van der Waals surface area contributed by atoms with Crippen LogP contribution in [0.2, 0.25) is 0 Å². The molecule has 0 aromatic heterocycles. The lowest BCUT2D eigenvalue weighted by Crippen LogP contribution is -2.52. The minimum Gasteiger partial charge on any atom is -0.352 e. The molecule has 3 nitrogen and oxygen atoms in total. The van der Waals surface area contributed by atoms with Gasteiger partial charge in [0.2, 0.25) is 5.91 Å². The molecule has 0 spiro atoms. The van der Waals surface area contributed by atoms with E-state index in [1.807, 2.05) is 13.8 Å². The van der Waals surface area contributed by atoms with E-state index in [1.54, 1.807) is 0 Å². The number of hydrogen-bond donors (Lipinski definition) is 2. The fourth-order valence-electron chi connectivity index (χ4n) is 1.59. The lowest BCUT2D eigenvalue weighted by molar-refractivity contribution is -0.125. The van der Waals surface area contributed by atoms with Gasteiger partial charge in [0.05, 0.1) is 0 Å². The number of amides is 1. The molecule has 2 atom stereocenters. The molecule has 13 heavy (non-hydrogen) atoms. The Morgan fingerprint density at radius 1 is 1.54 bits per heavy atom. The zero-order chi connectivity index (χ0) is 9.84. The van der Waals surface area contributed by atoms with Crippen LogP contribution in [0.5, 0.6) is 0 Å². The fourth-order valence-corrected chi connectivity index (χ4v) is 1.59. The van der Waals surface area contributed by atoms with Crippen LogP contribution in [0, 0.1) is 5.92 Å². The molecule has 0 aromatic carbocycles. The first kappa shape index (κ1) is 10.5. The Hall–Kier alpha value is -0.570. The maximum absolute atomic E-state index is 11.4. The van der Waals surface area contributed by atoms with Crippen molar-refractivity contribution in [3.8, 4) is 0 Å². The molecule has 2 N–H and O–H groups in total. The van der Waals surface area contributed by atoms with Crippen LogP contribution in [-0.2, 0) is 4.79 Å². The van der Waals surface area contributed by atoms with Crippen molar-refractivity contribution in [2.24, 2.45) is 5.92 Å². The minimum absolute atomic E-state index is 0.0918. The molecule has 1 saturated heterocycles. The van der Waals surface area contributed by atoms with E-state index in [2.05, 4.69) is 17.6 Å². The fraction of sp³-hybridized carbons (Fsp3) is 0.900. The van der Waals surface area contributed by atoms with Gasteiger partial charge in [0, 0.05) is 18.0 Å². The van der Waals surface area contributed by atoms with Gasteiger partial charge in [-0.15, -0.1) is 0 Å². The van der Waals surface area contributed by atoms with Crippen molar-refractivity contribution in [2.45, 2.75) is 45.7 Å². The second-order valence-electron chi connectivity index (χ2n) is 4.15. The molecule has 0 aliphatic carbocycles. The van der Waals surface area contributed by atoms with Gasteiger partial charge >= 0.3 is 0 Å². The van der Waals surface area contributed by atoms with Gasteiger partial charge in [0.1, 0.15) is 0 Å². The largest absolute Gasteiger partial charge is 0.352 e. The summed E-state index contributed by atoms with van der Waals surface area (Å²) < 4.78 is 0. The van der Waals surface area contributed by atoms with Gasteiger partial charge in [-0.05, 0) is 26.3 Å². The van der Waals surface area contributed by atoms with E-state index in [0.29, 0.717) is 12.1 Å². The first-order valence-corrected chi connectivity index (χ1v) is 5.15. The Kier molecular flexibility index (Phi) is 3.72. The van der Waals surface area contributed by atoms with E-state index in [-0.39, 0.29) is 11.8 Å². The second-order valence-corrected chi connectivity index (χ2v) is 4.15. The maximum atomic E-state index is 11.4. The van der Waals surface area contributed by atoms with Gasteiger partial charge in [0.25, 0.3) is 0 Å². The Labute approximate surface area is 80.3 Å². The lowest BCUT2D eigenvalue weighted by Gasteiger charge is -2.31. The molecule has 1 heterocycles. The summed E-state index contributed by atoms with van der Waals surface area (Å²) in [5.41, 5.74) is 0. The maximum Gasteiger partial charge on any atom is 0.222 e. The average Bonchev–Trinajstić information content (AvgIpc) is 2.08. The van der Waals surface area contributed by atoms with Crippen LogP contribution in [0.4, 0.5) is 0 Å². The highest BCUT2D eigenvalue weighted by molar-refractivity contribution is 5.78. The third kappa shape index (κ3) is 2.99. The zero-order valence-corrected chi connectivity index (χ0v) is 8.76. The number of rotatable bonds is 2. The Morgan fingerprint density at radius 3 is 2.77 bits per heavy atom. The zero-order valence-electron chi connectivity index (χ0n) is 8.76. The van der Waals surface area contributed by atoms with Gasteiger partial charge in [-0.2, -0.15) is 0 Å². The first-order chi connectivity index (χ1) is 6.11. The topological polar surface area (TPSA) is 41.1 Å². The van der Waals surface area contributed by atoms with Crippen LogP contribution < -0.4 is 10.6 Å². The van der Waals surface area contributed by atoms with E-state index in [9.17, 15) is 4.79 Å². The van der Waals surface area contributed by atoms with Crippen LogP contribution in [-0.4, -0.2) is 24.5 Å². The van der Waals surface area contributed by atoms with Gasteiger partial charge in [-0.1, -0.05) is 13.8 Å². The number of nitrogens with one attached hydrogen (secondary N) is 2. The quantitative estimate of drug-likeness (QED) is 0.669. The molecule has 1 amide bonds. The molecule has 0 radical (unpaired) electrons. The van der Waals surface area contributed by atoms with E-state index in [4.69, 9.17) is 0 Å². The number of hydrogen-bond acceptors (Lipinski definition) is 2. The molecule has 1 fully saturated rings. The van der Waals surface area contributed by atoms with Crippen molar-refractivity contribution in [2.75, 3.05) is 6.54 Å². The van der Waals surface area contributed by atoms with E-state index < -0.39 is 0 Å². The van der Waals surface area contributed by atoms with Crippen molar-refractivity contribution < 1.29 is 4.79 Å². The standard InChI is InChI=1S/C10H20N2O/c1-7(2)10(13)12-9-5-4-6-11-8(9)3/h7-9,11H,4-6H2,1-3H3,(H,12,13). The smallest absolute Gasteiger partial charge is 0.222 e. The van der Waals surface area contributed by atoms with Crippen molar-refractivity contribution in [1.29, 1.82) is 0 Å². The lowest BCUT2D eigenvalue weighted by atomic mass is 9.99. The summed E-state index contributed by atoms with van der Waals surface area (Å²) in [6.45, 7) is 7.06. The SMILES string of the molecule is CC(C)C(=O)NC1CCCNC1C. The van der Waals surface area contributed by atoms with Crippen molar-refractivity contribution >= 4 is 5.91 Å². The van der Waals surface area contributed by atoms with Crippen LogP contribution in [0.3, 0.4) is 0 Å². The summed E-state index contributed by atoms with van der Waals surface area (Å²) in [6.07, 6.45) is 2.26. The average molecular weight is 184 g/mol. The molecule has 3 heteroatoms. The van der Waals surface area contributed by atoms with E-state index in [0.717, 1.165) is 19.4 Å². The third-order valence-corrected chi connectivity index (χ3v) is 2.61. The van der Waals surface area contributed by atoms with Crippen molar-refractivity contribution in [3.63, 3.8) is 0 Å². The Morgan fingerprint density at radius 2 is 2.23 bits per heavy atom. The minimum atomic E-state index is 0.0918. The second kappa shape index (κ2) is 4.61. The molecule has 2 unspecified atom stereocenters. The van der Waals surface area contributed by atoms with Gasteiger partial charge in [-0.25, -0.2) is 0 Å². The number of carbonyl (C=O) groups is 1. The molecular weight excluding hydrogens is 164 g/mol. The van der Waals surface area contributed by atoms with Gasteiger partial charge < -0.3 is 10.6 Å². The normalized spacial score (nSPS) is 28.9. The third-order valence-electron chi connectivity index (χ3n) is 2.61. The van der Waals surface area contributed by atoms with Gasteiger partial charge in [0.15, 0.2) is 0 Å². The molecule has 1 aliphatic heterocycles. The molecule has 1 rings (SSSR count). The van der Waals surface area contributed by atoms with Gasteiger partial charge in [-0.3, -0.25) is 4.79 Å². The summed E-state index contributed by atoms with van der Waals surface area (Å²) >= 11 is 0. The summed E-state index contributed by atoms with van der Waals surface area (Å²) in [7, 11) is 0. The Bertz CT molecular complexity index is 180. The summed E-state index contributed by atoms with van der Waals surface area (Å²) in [6, 6.07) is 0.736. The van der Waals surface area contributed by atoms with E-state index >= 15 is 0 Å². The highest BCUT2D eigenvalue weighted by atomic mass is 16.1. The summed E-state index contributed by atoms with van der Waals surface area (Å²) in [5.74, 6) is 0.259. The van der Waals surface area contributed by atoms with Crippen LogP contribution in [0.15, 0.2) is 0 Å². The number of piperidine rings is 1. The van der Waals surface area contributed by atoms with Crippen LogP contribution in [0.25, 0.3) is 0 Å². The number of carbonyl (C=O) groups excluding carboxylic acids is 1. The van der Waals surface area contributed by atoms with Crippen molar-refractivity contribution in [1.82, 2.24) is 10.6 Å². The molecule has 0 aromatic rings. The van der Waals surface area contributed by atoms with E-state index in [1.165, 1.54) is 0 Å². The highest BCUT2D eigenvalue weighted by Gasteiger charge is 2.22. The highest BCUT2D eigenvalue weighted by Crippen LogP contribution is 2.08. The van der Waals surface area contributed by atoms with Crippen LogP contribution >= 0.6 is 0 Å². The molecule has 1 aliphatic rings.